The molecule has 0 aliphatic rings. The van der Waals surface area contributed by atoms with Crippen molar-refractivity contribution in [3.05, 3.63) is 53.2 Å². The minimum atomic E-state index is 0. The average Bonchev–Trinajstić information content (AvgIpc) is 3.21. The third-order valence-corrected chi connectivity index (χ3v) is 4.71. The summed E-state index contributed by atoms with van der Waals surface area (Å²) in [5.41, 5.74) is 2.27. The number of thiophene rings is 1. The van der Waals surface area contributed by atoms with Crippen LogP contribution in [0.25, 0.3) is 10.1 Å². The van der Waals surface area contributed by atoms with E-state index in [9.17, 15) is 0 Å². The molecule has 0 spiro atoms. The van der Waals surface area contributed by atoms with Crippen molar-refractivity contribution < 1.29 is 4.52 Å². The molecule has 1 aromatic carbocycles. The predicted octanol–water partition coefficient (Wildman–Crippen LogP) is 3.76. The van der Waals surface area contributed by atoms with Gasteiger partial charge in [-0.25, -0.2) is 0 Å². The molecular weight excluding hydrogens is 435 g/mol. The molecule has 0 bridgehead atoms. The number of hydrogen-bond acceptors (Lipinski definition) is 4. The number of halogens is 1. The summed E-state index contributed by atoms with van der Waals surface area (Å²) in [5, 5.41) is 10.9. The van der Waals surface area contributed by atoms with Crippen molar-refractivity contribution in [2.45, 2.75) is 13.0 Å². The van der Waals surface area contributed by atoms with E-state index in [0.29, 0.717) is 6.54 Å². The van der Waals surface area contributed by atoms with Crippen LogP contribution in [-0.4, -0.2) is 36.7 Å². The molecule has 128 valence electrons. The summed E-state index contributed by atoms with van der Waals surface area (Å²) in [6.45, 7) is 1.51. The van der Waals surface area contributed by atoms with Crippen molar-refractivity contribution in [2.24, 2.45) is 4.99 Å². The molecule has 0 aliphatic heterocycles. The zero-order valence-electron chi connectivity index (χ0n) is 13.7. The highest BCUT2D eigenvalue weighted by Gasteiger charge is 2.09. The number of nitrogens with one attached hydrogen (secondary N) is 1. The van der Waals surface area contributed by atoms with Crippen LogP contribution in [0, 0.1) is 0 Å². The Bertz CT molecular complexity index is 785. The highest BCUT2D eigenvalue weighted by molar-refractivity contribution is 14.0. The highest BCUT2D eigenvalue weighted by Crippen LogP contribution is 2.25. The van der Waals surface area contributed by atoms with Gasteiger partial charge in [0.05, 0.1) is 6.54 Å². The van der Waals surface area contributed by atoms with Crippen LogP contribution in [0.1, 0.15) is 11.3 Å². The molecule has 3 aromatic rings. The fraction of sp³-hybridized carbons (Fsp3) is 0.294. The van der Waals surface area contributed by atoms with Gasteiger partial charge in [0.15, 0.2) is 5.96 Å². The fourth-order valence-electron chi connectivity index (χ4n) is 2.56. The van der Waals surface area contributed by atoms with Gasteiger partial charge in [0.2, 0.25) is 0 Å². The monoisotopic (exact) mass is 456 g/mol. The lowest BCUT2D eigenvalue weighted by atomic mass is 10.1. The highest BCUT2D eigenvalue weighted by atomic mass is 127. The van der Waals surface area contributed by atoms with Crippen molar-refractivity contribution in [1.82, 2.24) is 15.4 Å². The largest absolute Gasteiger partial charge is 0.364 e. The second kappa shape index (κ2) is 9.03. The van der Waals surface area contributed by atoms with E-state index in [-0.39, 0.29) is 24.0 Å². The number of guanidine groups is 1. The van der Waals surface area contributed by atoms with Crippen LogP contribution in [0.3, 0.4) is 0 Å². The second-order valence-electron chi connectivity index (χ2n) is 5.33. The van der Waals surface area contributed by atoms with Gasteiger partial charge in [0.25, 0.3) is 0 Å². The van der Waals surface area contributed by atoms with E-state index >= 15 is 0 Å². The van der Waals surface area contributed by atoms with Crippen LogP contribution in [0.4, 0.5) is 0 Å². The van der Waals surface area contributed by atoms with E-state index in [1.165, 1.54) is 15.6 Å². The van der Waals surface area contributed by atoms with Crippen molar-refractivity contribution in [1.29, 1.82) is 0 Å². The quantitative estimate of drug-likeness (QED) is 0.361. The molecular formula is C17H21IN4OS. The van der Waals surface area contributed by atoms with Gasteiger partial charge in [-0.1, -0.05) is 23.4 Å². The lowest BCUT2D eigenvalue weighted by molar-refractivity contribution is 0.391. The van der Waals surface area contributed by atoms with Gasteiger partial charge < -0.3 is 14.7 Å². The number of fused-ring (bicyclic) bond motifs is 1. The van der Waals surface area contributed by atoms with E-state index in [1.807, 2.05) is 18.0 Å². The second-order valence-corrected chi connectivity index (χ2v) is 6.24. The number of rotatable bonds is 5. The first-order valence-corrected chi connectivity index (χ1v) is 8.42. The van der Waals surface area contributed by atoms with Crippen LogP contribution in [0.5, 0.6) is 0 Å². The number of aromatic nitrogens is 1. The molecule has 0 unspecified atom stereocenters. The van der Waals surface area contributed by atoms with E-state index in [1.54, 1.807) is 24.6 Å². The summed E-state index contributed by atoms with van der Waals surface area (Å²) < 4.78 is 6.21. The Labute approximate surface area is 162 Å². The molecule has 0 amide bonds. The Kier molecular flexibility index (Phi) is 7.04. The maximum Gasteiger partial charge on any atom is 0.193 e. The van der Waals surface area contributed by atoms with Crippen molar-refractivity contribution in [3.8, 4) is 0 Å². The van der Waals surface area contributed by atoms with E-state index < -0.39 is 0 Å². The van der Waals surface area contributed by atoms with Crippen molar-refractivity contribution in [2.75, 3.05) is 20.6 Å². The normalized spacial score (nSPS) is 11.3. The molecule has 0 saturated heterocycles. The number of aliphatic imine (C=N–C) groups is 1. The van der Waals surface area contributed by atoms with Crippen molar-refractivity contribution >= 4 is 51.4 Å². The van der Waals surface area contributed by atoms with Gasteiger partial charge >= 0.3 is 0 Å². The molecule has 0 aliphatic carbocycles. The molecule has 0 fully saturated rings. The summed E-state index contributed by atoms with van der Waals surface area (Å²) in [5.74, 6) is 0.854. The Morgan fingerprint density at radius 1 is 1.33 bits per heavy atom. The average molecular weight is 456 g/mol. The van der Waals surface area contributed by atoms with E-state index in [4.69, 9.17) is 4.52 Å². The SMILES string of the molecule is CN=C(NCCc1csc2ccccc12)N(C)Cc1ccon1.I. The van der Waals surface area contributed by atoms with Gasteiger partial charge in [-0.2, -0.15) is 0 Å². The summed E-state index contributed by atoms with van der Waals surface area (Å²) in [6.07, 6.45) is 2.56. The third kappa shape index (κ3) is 4.47. The van der Waals surface area contributed by atoms with Crippen molar-refractivity contribution in [3.63, 3.8) is 0 Å². The predicted molar refractivity (Wildman–Crippen MR) is 110 cm³/mol. The summed E-state index contributed by atoms with van der Waals surface area (Å²) in [6, 6.07) is 10.4. The lowest BCUT2D eigenvalue weighted by Gasteiger charge is -2.20. The smallest absolute Gasteiger partial charge is 0.193 e. The van der Waals surface area contributed by atoms with Gasteiger partial charge in [-0.15, -0.1) is 35.3 Å². The zero-order chi connectivity index (χ0) is 16.1. The van der Waals surface area contributed by atoms with Crippen LogP contribution >= 0.6 is 35.3 Å². The van der Waals surface area contributed by atoms with Gasteiger partial charge in [0.1, 0.15) is 12.0 Å². The van der Waals surface area contributed by atoms with Gasteiger partial charge in [-0.05, 0) is 28.8 Å². The molecule has 0 atom stereocenters. The third-order valence-electron chi connectivity index (χ3n) is 3.70. The first-order valence-electron chi connectivity index (χ1n) is 7.54. The molecule has 5 nitrogen and oxygen atoms in total. The first kappa shape index (κ1) is 18.7. The maximum atomic E-state index is 4.86. The fourth-order valence-corrected chi connectivity index (χ4v) is 3.55. The maximum absolute atomic E-state index is 4.86. The summed E-state index contributed by atoms with van der Waals surface area (Å²) in [4.78, 5) is 6.36. The van der Waals surface area contributed by atoms with E-state index in [2.05, 4.69) is 45.1 Å². The van der Waals surface area contributed by atoms with Crippen LogP contribution < -0.4 is 5.32 Å². The minimum Gasteiger partial charge on any atom is -0.364 e. The minimum absolute atomic E-state index is 0. The summed E-state index contributed by atoms with van der Waals surface area (Å²) in [7, 11) is 3.78. The molecule has 7 heteroatoms. The van der Waals surface area contributed by atoms with Crippen LogP contribution in [-0.2, 0) is 13.0 Å². The van der Waals surface area contributed by atoms with Crippen LogP contribution in [0.2, 0.25) is 0 Å². The Hall–Kier alpha value is -1.61. The molecule has 24 heavy (non-hydrogen) atoms. The van der Waals surface area contributed by atoms with Crippen LogP contribution in [0.15, 0.2) is 51.5 Å². The standard InChI is InChI=1S/C17H20N4OS.HI/c1-18-17(21(2)11-14-8-10-22-20-14)19-9-7-13-12-23-16-6-4-3-5-15(13)16;/h3-6,8,10,12H,7,9,11H2,1-2H3,(H,18,19);1H. The molecule has 1 N–H and O–H groups in total. The number of nitrogens with zero attached hydrogens (tertiary/aromatic N) is 3. The Morgan fingerprint density at radius 2 is 2.17 bits per heavy atom. The van der Waals surface area contributed by atoms with E-state index in [0.717, 1.165) is 24.6 Å². The lowest BCUT2D eigenvalue weighted by Crippen LogP contribution is -2.39. The molecule has 3 rings (SSSR count). The molecule has 2 heterocycles. The molecule has 0 saturated carbocycles. The van der Waals surface area contributed by atoms with Gasteiger partial charge in [0, 0.05) is 31.4 Å². The molecule has 0 radical (unpaired) electrons. The van der Waals surface area contributed by atoms with Gasteiger partial charge in [-0.3, -0.25) is 4.99 Å². The topological polar surface area (TPSA) is 53.7 Å². The number of hydrogen-bond donors (Lipinski definition) is 1. The molecule has 2 aromatic heterocycles. The zero-order valence-corrected chi connectivity index (χ0v) is 16.9. The Morgan fingerprint density at radius 3 is 2.92 bits per heavy atom. The Balaban J connectivity index is 0.00000208. The summed E-state index contributed by atoms with van der Waals surface area (Å²) >= 11 is 1.80. The number of benzene rings is 1. The first-order chi connectivity index (χ1) is 11.3.